The maximum absolute atomic E-state index is 13.2. The van der Waals surface area contributed by atoms with E-state index >= 15 is 0 Å². The van der Waals surface area contributed by atoms with Crippen LogP contribution in [0.25, 0.3) is 10.8 Å². The first-order chi connectivity index (χ1) is 13.2. The summed E-state index contributed by atoms with van der Waals surface area (Å²) in [5.74, 6) is 0.874. The highest BCUT2D eigenvalue weighted by molar-refractivity contribution is 6.42. The number of anilines is 1. The second kappa shape index (κ2) is 9.52. The molecule has 1 heterocycles. The van der Waals surface area contributed by atoms with Gasteiger partial charge >= 0.3 is 6.09 Å². The molecule has 1 N–H and O–H groups in total. The Morgan fingerprint density at radius 1 is 1.25 bits per heavy atom. The molecule has 0 aliphatic carbocycles. The van der Waals surface area contributed by atoms with Crippen LogP contribution in [0, 0.1) is 5.92 Å². The van der Waals surface area contributed by atoms with Crippen molar-refractivity contribution in [3.05, 3.63) is 32.5 Å². The van der Waals surface area contributed by atoms with E-state index in [-0.39, 0.29) is 21.4 Å². The van der Waals surface area contributed by atoms with E-state index in [2.05, 4.69) is 0 Å². The summed E-state index contributed by atoms with van der Waals surface area (Å²) in [6, 6.07) is 3.08. The van der Waals surface area contributed by atoms with Gasteiger partial charge in [0.05, 0.1) is 22.0 Å². The largest absolute Gasteiger partial charge is 0.489 e. The van der Waals surface area contributed by atoms with Gasteiger partial charge in [0, 0.05) is 19.0 Å². The minimum atomic E-state index is -1.18. The third-order valence-electron chi connectivity index (χ3n) is 4.52. The molecule has 0 bridgehead atoms. The van der Waals surface area contributed by atoms with Crippen LogP contribution < -0.4 is 15.2 Å². The van der Waals surface area contributed by atoms with E-state index in [1.165, 1.54) is 17.7 Å². The number of hydrogen-bond acceptors (Lipinski definition) is 3. The standard InChI is InChI=1S/C20H26Cl2N2O4/c1-5-6-9-28-17-13-10-15(21)16(22)11-14(13)19(25)24(8-7-12(2)3)18(17)23(4)20(26)27/h10-12H,5-9H2,1-4H3,(H,26,27). The first-order valence-corrected chi connectivity index (χ1v) is 10.1. The molecule has 0 aliphatic rings. The summed E-state index contributed by atoms with van der Waals surface area (Å²) in [5.41, 5.74) is -0.319. The Morgan fingerprint density at radius 2 is 1.86 bits per heavy atom. The molecule has 1 aromatic heterocycles. The molecule has 0 unspecified atom stereocenters. The predicted molar refractivity (Wildman–Crippen MR) is 115 cm³/mol. The van der Waals surface area contributed by atoms with Crippen molar-refractivity contribution in [2.75, 3.05) is 18.6 Å². The summed E-state index contributed by atoms with van der Waals surface area (Å²) >= 11 is 12.3. The van der Waals surface area contributed by atoms with Gasteiger partial charge in [-0.25, -0.2) is 4.79 Å². The Morgan fingerprint density at radius 3 is 2.39 bits per heavy atom. The summed E-state index contributed by atoms with van der Waals surface area (Å²) in [4.78, 5) is 26.0. The third kappa shape index (κ3) is 4.73. The molecule has 0 atom stereocenters. The van der Waals surface area contributed by atoms with Gasteiger partial charge in [0.25, 0.3) is 5.56 Å². The number of pyridine rings is 1. The van der Waals surface area contributed by atoms with Crippen LogP contribution in [0.1, 0.15) is 40.0 Å². The van der Waals surface area contributed by atoms with Gasteiger partial charge in [-0.3, -0.25) is 14.3 Å². The van der Waals surface area contributed by atoms with Gasteiger partial charge in [-0.1, -0.05) is 50.4 Å². The fourth-order valence-electron chi connectivity index (χ4n) is 2.88. The normalized spacial score (nSPS) is 11.2. The molecule has 28 heavy (non-hydrogen) atoms. The zero-order valence-corrected chi connectivity index (χ0v) is 18.1. The number of benzene rings is 1. The molecule has 6 nitrogen and oxygen atoms in total. The number of hydrogen-bond donors (Lipinski definition) is 1. The topological polar surface area (TPSA) is 71.8 Å². The van der Waals surface area contributed by atoms with Crippen LogP contribution >= 0.6 is 23.2 Å². The number of aromatic nitrogens is 1. The van der Waals surface area contributed by atoms with Gasteiger partial charge in [0.1, 0.15) is 0 Å². The number of rotatable bonds is 8. The first-order valence-electron chi connectivity index (χ1n) is 9.34. The van der Waals surface area contributed by atoms with Crippen LogP contribution in [0.5, 0.6) is 5.75 Å². The van der Waals surface area contributed by atoms with Gasteiger partial charge in [0.2, 0.25) is 0 Å². The number of fused-ring (bicyclic) bond motifs is 1. The van der Waals surface area contributed by atoms with E-state index in [4.69, 9.17) is 27.9 Å². The molecular formula is C20H26Cl2N2O4. The lowest BCUT2D eigenvalue weighted by molar-refractivity contribution is 0.202. The Labute approximate surface area is 174 Å². The molecule has 1 aromatic carbocycles. The maximum Gasteiger partial charge on any atom is 0.412 e. The van der Waals surface area contributed by atoms with Gasteiger partial charge in [-0.15, -0.1) is 0 Å². The number of carbonyl (C=O) groups is 1. The summed E-state index contributed by atoms with van der Waals surface area (Å²) in [7, 11) is 1.40. The van der Waals surface area contributed by atoms with Crippen LogP contribution in [0.3, 0.4) is 0 Å². The second-order valence-electron chi connectivity index (χ2n) is 7.15. The SMILES string of the molecule is CCCCOc1c(N(C)C(=O)O)n(CCC(C)C)c(=O)c2cc(Cl)c(Cl)cc12. The van der Waals surface area contributed by atoms with Crippen LogP contribution in [0.2, 0.25) is 10.0 Å². The van der Waals surface area contributed by atoms with Crippen molar-refractivity contribution >= 4 is 45.9 Å². The summed E-state index contributed by atoms with van der Waals surface area (Å²) in [5, 5.41) is 11.0. The van der Waals surface area contributed by atoms with Crippen molar-refractivity contribution in [1.29, 1.82) is 0 Å². The van der Waals surface area contributed by atoms with Gasteiger partial charge < -0.3 is 9.84 Å². The second-order valence-corrected chi connectivity index (χ2v) is 7.96. The first kappa shape index (κ1) is 22.4. The van der Waals surface area contributed by atoms with Crippen molar-refractivity contribution < 1.29 is 14.6 Å². The van der Waals surface area contributed by atoms with E-state index in [1.54, 1.807) is 6.07 Å². The Bertz CT molecular complexity index is 925. The van der Waals surface area contributed by atoms with Crippen molar-refractivity contribution in [1.82, 2.24) is 4.57 Å². The fourth-order valence-corrected chi connectivity index (χ4v) is 3.20. The van der Waals surface area contributed by atoms with Crippen LogP contribution in [0.4, 0.5) is 10.6 Å². The highest BCUT2D eigenvalue weighted by Crippen LogP contribution is 2.38. The minimum absolute atomic E-state index is 0.208. The molecule has 8 heteroatoms. The Kier molecular flexibility index (Phi) is 7.61. The Balaban J connectivity index is 2.86. The van der Waals surface area contributed by atoms with Gasteiger partial charge in [0.15, 0.2) is 11.6 Å². The van der Waals surface area contributed by atoms with Gasteiger partial charge in [-0.2, -0.15) is 0 Å². The molecule has 154 valence electrons. The molecule has 0 aliphatic heterocycles. The zero-order valence-electron chi connectivity index (χ0n) is 16.6. The van der Waals surface area contributed by atoms with Crippen molar-refractivity contribution in [3.8, 4) is 5.75 Å². The smallest absolute Gasteiger partial charge is 0.412 e. The number of amides is 1. The molecular weight excluding hydrogens is 403 g/mol. The summed E-state index contributed by atoms with van der Waals surface area (Å²) < 4.78 is 7.45. The van der Waals surface area contributed by atoms with E-state index in [9.17, 15) is 14.7 Å². The summed E-state index contributed by atoms with van der Waals surface area (Å²) in [6.45, 7) is 6.88. The van der Waals surface area contributed by atoms with Crippen molar-refractivity contribution in [2.24, 2.45) is 5.92 Å². The molecule has 0 saturated heterocycles. The van der Waals surface area contributed by atoms with E-state index in [0.29, 0.717) is 42.0 Å². The highest BCUT2D eigenvalue weighted by atomic mass is 35.5. The lowest BCUT2D eigenvalue weighted by Crippen LogP contribution is -2.33. The number of nitrogens with zero attached hydrogens (tertiary/aromatic N) is 2. The molecule has 0 spiro atoms. The van der Waals surface area contributed by atoms with E-state index in [1.807, 2.05) is 20.8 Å². The molecule has 0 fully saturated rings. The third-order valence-corrected chi connectivity index (χ3v) is 5.24. The molecule has 1 amide bonds. The zero-order chi connectivity index (χ0) is 21.0. The molecule has 0 radical (unpaired) electrons. The molecule has 2 aromatic rings. The summed E-state index contributed by atoms with van der Waals surface area (Å²) in [6.07, 6.45) is 1.24. The van der Waals surface area contributed by atoms with Crippen molar-refractivity contribution in [3.63, 3.8) is 0 Å². The van der Waals surface area contributed by atoms with E-state index < -0.39 is 6.09 Å². The molecule has 0 saturated carbocycles. The fraction of sp³-hybridized carbons (Fsp3) is 0.500. The van der Waals surface area contributed by atoms with Crippen LogP contribution in [-0.4, -0.2) is 29.4 Å². The lowest BCUT2D eigenvalue weighted by Gasteiger charge is -2.25. The number of carboxylic acid groups (broad SMARTS) is 1. The quantitative estimate of drug-likeness (QED) is 0.551. The average Bonchev–Trinajstić information content (AvgIpc) is 2.63. The predicted octanol–water partition coefficient (Wildman–Crippen LogP) is 5.65. The minimum Gasteiger partial charge on any atom is -0.489 e. The number of halogens is 2. The maximum atomic E-state index is 13.2. The lowest BCUT2D eigenvalue weighted by atomic mass is 10.1. The highest BCUT2D eigenvalue weighted by Gasteiger charge is 2.25. The van der Waals surface area contributed by atoms with Crippen molar-refractivity contribution in [2.45, 2.75) is 46.6 Å². The Hall–Kier alpha value is -1.92. The van der Waals surface area contributed by atoms with Crippen LogP contribution in [-0.2, 0) is 6.54 Å². The van der Waals surface area contributed by atoms with Gasteiger partial charge in [-0.05, 0) is 30.9 Å². The number of ether oxygens (including phenoxy) is 1. The molecule has 2 rings (SSSR count). The average molecular weight is 429 g/mol. The number of unbranched alkanes of at least 4 members (excludes halogenated alkanes) is 1. The monoisotopic (exact) mass is 428 g/mol. The van der Waals surface area contributed by atoms with E-state index in [0.717, 1.165) is 17.7 Å². The van der Waals surface area contributed by atoms with Crippen LogP contribution in [0.15, 0.2) is 16.9 Å².